The van der Waals surface area contributed by atoms with Crippen LogP contribution in [0.25, 0.3) is 22.6 Å². The van der Waals surface area contributed by atoms with E-state index in [0.29, 0.717) is 11.8 Å². The van der Waals surface area contributed by atoms with Crippen molar-refractivity contribution >= 4 is 0 Å². The van der Waals surface area contributed by atoms with E-state index in [9.17, 15) is 0 Å². The van der Waals surface area contributed by atoms with E-state index in [1.165, 1.54) is 22.3 Å². The van der Waals surface area contributed by atoms with Gasteiger partial charge >= 0.3 is 0 Å². The first-order chi connectivity index (χ1) is 14.3. The Morgan fingerprint density at radius 1 is 0.700 bits per heavy atom. The van der Waals surface area contributed by atoms with E-state index in [2.05, 4.69) is 86.2 Å². The van der Waals surface area contributed by atoms with E-state index >= 15 is 0 Å². The van der Waals surface area contributed by atoms with E-state index in [1.807, 2.05) is 48.1 Å². The van der Waals surface area contributed by atoms with E-state index < -0.39 is 0 Å². The van der Waals surface area contributed by atoms with E-state index in [4.69, 9.17) is 0 Å². The zero-order valence-electron chi connectivity index (χ0n) is 18.9. The predicted octanol–water partition coefficient (Wildman–Crippen LogP) is 6.42. The second-order valence-corrected chi connectivity index (χ2v) is 8.34. The molecule has 0 aliphatic rings. The van der Waals surface area contributed by atoms with Gasteiger partial charge in [0, 0.05) is 43.8 Å². The molecular weight excluding hydrogens is 368 g/mol. The van der Waals surface area contributed by atoms with Crippen molar-refractivity contribution in [3.63, 3.8) is 0 Å². The molecule has 0 spiro atoms. The standard InChI is InChI=1S/2C13H16N2/c1-10(2)11-4-6-12(7-5-11)13-8-15(3)9-14-13;1-10(2)11-4-6-12(7-5-11)13-14-8-9-15(13)3/h2*4-10H,1-3H3. The minimum absolute atomic E-state index is 0.584. The normalized spacial score (nSPS) is 10.9. The summed E-state index contributed by atoms with van der Waals surface area (Å²) in [6.45, 7) is 8.82. The average molecular weight is 401 g/mol. The molecule has 30 heavy (non-hydrogen) atoms. The van der Waals surface area contributed by atoms with Gasteiger partial charge in [-0.05, 0) is 23.0 Å². The Bertz CT molecular complexity index is 1050. The van der Waals surface area contributed by atoms with Gasteiger partial charge in [0.15, 0.2) is 0 Å². The molecule has 2 aromatic heterocycles. The number of hydrogen-bond acceptors (Lipinski definition) is 2. The first-order valence-corrected chi connectivity index (χ1v) is 10.5. The average Bonchev–Trinajstić information content (AvgIpc) is 3.37. The zero-order chi connectivity index (χ0) is 21.7. The minimum atomic E-state index is 0.584. The topological polar surface area (TPSA) is 35.6 Å². The molecule has 0 radical (unpaired) electrons. The van der Waals surface area contributed by atoms with Gasteiger partial charge in [-0.2, -0.15) is 0 Å². The van der Waals surface area contributed by atoms with Gasteiger partial charge in [0.1, 0.15) is 5.82 Å². The minimum Gasteiger partial charge on any atom is -0.340 e. The van der Waals surface area contributed by atoms with Crippen LogP contribution in [-0.4, -0.2) is 19.1 Å². The van der Waals surface area contributed by atoms with Crippen molar-refractivity contribution in [1.82, 2.24) is 19.1 Å². The number of nitrogens with zero attached hydrogens (tertiary/aromatic N) is 4. The predicted molar refractivity (Wildman–Crippen MR) is 125 cm³/mol. The molecule has 4 aromatic rings. The molecule has 0 amide bonds. The number of aromatic nitrogens is 4. The molecule has 0 aliphatic heterocycles. The Morgan fingerprint density at radius 3 is 1.63 bits per heavy atom. The van der Waals surface area contributed by atoms with Crippen LogP contribution in [0.15, 0.2) is 73.4 Å². The van der Waals surface area contributed by atoms with Crippen molar-refractivity contribution in [3.05, 3.63) is 84.6 Å². The molecule has 0 N–H and O–H groups in total. The first-order valence-electron chi connectivity index (χ1n) is 10.5. The highest BCUT2D eigenvalue weighted by atomic mass is 15.0. The fourth-order valence-corrected chi connectivity index (χ4v) is 3.26. The van der Waals surface area contributed by atoms with Gasteiger partial charge in [0.05, 0.1) is 12.0 Å². The maximum Gasteiger partial charge on any atom is 0.139 e. The van der Waals surface area contributed by atoms with Crippen molar-refractivity contribution in [2.75, 3.05) is 0 Å². The molecule has 4 heteroatoms. The molecule has 0 saturated carbocycles. The second kappa shape index (κ2) is 9.57. The Balaban J connectivity index is 0.000000171. The Kier molecular flexibility index (Phi) is 6.88. The second-order valence-electron chi connectivity index (χ2n) is 8.34. The molecule has 156 valence electrons. The number of benzene rings is 2. The smallest absolute Gasteiger partial charge is 0.139 e. The molecule has 0 unspecified atom stereocenters. The van der Waals surface area contributed by atoms with Crippen molar-refractivity contribution in [2.45, 2.75) is 39.5 Å². The summed E-state index contributed by atoms with van der Waals surface area (Å²) in [7, 11) is 4.00. The Labute approximate surface area is 180 Å². The lowest BCUT2D eigenvalue weighted by Gasteiger charge is -2.06. The van der Waals surface area contributed by atoms with Gasteiger partial charge in [0.25, 0.3) is 0 Å². The van der Waals surface area contributed by atoms with Crippen LogP contribution in [0.3, 0.4) is 0 Å². The summed E-state index contributed by atoms with van der Waals surface area (Å²) in [4.78, 5) is 8.65. The molecule has 2 heterocycles. The lowest BCUT2D eigenvalue weighted by atomic mass is 10.0. The van der Waals surface area contributed by atoms with Crippen LogP contribution in [0.5, 0.6) is 0 Å². The summed E-state index contributed by atoms with van der Waals surface area (Å²) in [6.07, 6.45) is 7.65. The van der Waals surface area contributed by atoms with E-state index in [1.54, 1.807) is 0 Å². The Hall–Kier alpha value is -3.14. The third kappa shape index (κ3) is 5.26. The largest absolute Gasteiger partial charge is 0.340 e. The third-order valence-electron chi connectivity index (χ3n) is 5.23. The monoisotopic (exact) mass is 400 g/mol. The van der Waals surface area contributed by atoms with Gasteiger partial charge < -0.3 is 9.13 Å². The number of imidazole rings is 2. The van der Waals surface area contributed by atoms with Gasteiger partial charge in [-0.3, -0.25) is 0 Å². The summed E-state index contributed by atoms with van der Waals surface area (Å²) >= 11 is 0. The summed E-state index contributed by atoms with van der Waals surface area (Å²) in [5.74, 6) is 2.19. The summed E-state index contributed by atoms with van der Waals surface area (Å²) < 4.78 is 4.00. The lowest BCUT2D eigenvalue weighted by molar-refractivity contribution is 0.866. The molecule has 2 aromatic carbocycles. The lowest BCUT2D eigenvalue weighted by Crippen LogP contribution is -1.92. The van der Waals surface area contributed by atoms with Crippen LogP contribution in [-0.2, 0) is 14.1 Å². The number of aryl methyl sites for hydroxylation is 2. The molecule has 0 bridgehead atoms. The van der Waals surface area contributed by atoms with Crippen molar-refractivity contribution in [2.24, 2.45) is 14.1 Å². The number of hydrogen-bond donors (Lipinski definition) is 0. The maximum atomic E-state index is 4.32. The summed E-state index contributed by atoms with van der Waals surface area (Å²) in [6, 6.07) is 17.2. The summed E-state index contributed by atoms with van der Waals surface area (Å²) in [5, 5.41) is 0. The van der Waals surface area contributed by atoms with Gasteiger partial charge in [-0.25, -0.2) is 9.97 Å². The van der Waals surface area contributed by atoms with Gasteiger partial charge in [0.2, 0.25) is 0 Å². The van der Waals surface area contributed by atoms with Crippen LogP contribution in [0.1, 0.15) is 50.7 Å². The van der Waals surface area contributed by atoms with Crippen LogP contribution in [0.2, 0.25) is 0 Å². The van der Waals surface area contributed by atoms with Crippen molar-refractivity contribution < 1.29 is 0 Å². The summed E-state index contributed by atoms with van der Waals surface area (Å²) in [5.41, 5.74) is 6.13. The Morgan fingerprint density at radius 2 is 1.23 bits per heavy atom. The molecular formula is C26H32N4. The molecule has 0 fully saturated rings. The number of rotatable bonds is 4. The van der Waals surface area contributed by atoms with Gasteiger partial charge in [-0.15, -0.1) is 0 Å². The van der Waals surface area contributed by atoms with Crippen molar-refractivity contribution in [3.8, 4) is 22.6 Å². The van der Waals surface area contributed by atoms with Crippen LogP contribution in [0, 0.1) is 0 Å². The first kappa shape index (κ1) is 21.6. The molecule has 0 atom stereocenters. The highest BCUT2D eigenvalue weighted by Crippen LogP contribution is 2.21. The molecule has 4 nitrogen and oxygen atoms in total. The highest BCUT2D eigenvalue weighted by molar-refractivity contribution is 5.58. The van der Waals surface area contributed by atoms with Crippen LogP contribution >= 0.6 is 0 Å². The maximum absolute atomic E-state index is 4.32. The fraction of sp³-hybridized carbons (Fsp3) is 0.308. The third-order valence-corrected chi connectivity index (χ3v) is 5.23. The molecule has 0 aliphatic carbocycles. The molecule has 0 saturated heterocycles. The van der Waals surface area contributed by atoms with Crippen LogP contribution < -0.4 is 0 Å². The van der Waals surface area contributed by atoms with Crippen LogP contribution in [0.4, 0.5) is 0 Å². The SMILES string of the molecule is CC(C)c1ccc(-c2cn(C)cn2)cc1.CC(C)c1ccc(-c2nccn2C)cc1. The van der Waals surface area contributed by atoms with Gasteiger partial charge in [-0.1, -0.05) is 76.2 Å². The zero-order valence-corrected chi connectivity index (χ0v) is 18.9. The highest BCUT2D eigenvalue weighted by Gasteiger charge is 2.04. The quantitative estimate of drug-likeness (QED) is 0.396. The van der Waals surface area contributed by atoms with E-state index in [0.717, 1.165) is 11.5 Å². The van der Waals surface area contributed by atoms with Crippen molar-refractivity contribution in [1.29, 1.82) is 0 Å². The fourth-order valence-electron chi connectivity index (χ4n) is 3.26. The molecule has 4 rings (SSSR count). The van der Waals surface area contributed by atoms with E-state index in [-0.39, 0.29) is 0 Å².